The molecule has 2 heterocycles. The van der Waals surface area contributed by atoms with Crippen LogP contribution in [-0.2, 0) is 10.0 Å². The van der Waals surface area contributed by atoms with Crippen LogP contribution in [-0.4, -0.2) is 60.4 Å². The predicted molar refractivity (Wildman–Crippen MR) is 76.2 cm³/mol. The van der Waals surface area contributed by atoms with Crippen molar-refractivity contribution in [3.05, 3.63) is 29.0 Å². The summed E-state index contributed by atoms with van der Waals surface area (Å²) in [6, 6.07) is 3.01. The average Bonchev–Trinajstić information content (AvgIpc) is 2.37. The van der Waals surface area contributed by atoms with Crippen LogP contribution >= 0.6 is 11.6 Å². The van der Waals surface area contributed by atoms with E-state index in [0.717, 1.165) is 0 Å². The maximum atomic E-state index is 12.3. The Morgan fingerprint density at radius 3 is 2.70 bits per heavy atom. The van der Waals surface area contributed by atoms with E-state index in [1.54, 1.807) is 24.0 Å². The van der Waals surface area contributed by atoms with Crippen LogP contribution in [0.15, 0.2) is 18.3 Å². The monoisotopic (exact) mass is 317 g/mol. The van der Waals surface area contributed by atoms with Gasteiger partial charge in [0.2, 0.25) is 10.0 Å². The summed E-state index contributed by atoms with van der Waals surface area (Å²) >= 11 is 5.96. The summed E-state index contributed by atoms with van der Waals surface area (Å²) in [6.45, 7) is 2.73. The molecule has 0 unspecified atom stereocenters. The molecule has 1 saturated heterocycles. The smallest absolute Gasteiger partial charge is 0.274 e. The van der Waals surface area contributed by atoms with Gasteiger partial charge in [-0.3, -0.25) is 4.79 Å². The maximum Gasteiger partial charge on any atom is 0.274 e. The summed E-state index contributed by atoms with van der Waals surface area (Å²) in [4.78, 5) is 17.9. The Bertz CT molecular complexity index is 620. The van der Waals surface area contributed by atoms with Gasteiger partial charge in [0, 0.05) is 31.9 Å². The molecule has 1 aliphatic heterocycles. The van der Waals surface area contributed by atoms with Crippen LogP contribution in [0.5, 0.6) is 0 Å². The molecule has 1 amide bonds. The molecule has 0 saturated carbocycles. The van der Waals surface area contributed by atoms with Gasteiger partial charge < -0.3 is 4.90 Å². The lowest BCUT2D eigenvalue weighted by molar-refractivity contribution is 0.0637. The molecule has 20 heavy (non-hydrogen) atoms. The summed E-state index contributed by atoms with van der Waals surface area (Å²) in [5.74, 6) is -0.268. The number of carbonyl (C=O) groups excluding carboxylic acids is 1. The number of halogens is 1. The highest BCUT2D eigenvalue weighted by Gasteiger charge is 2.32. The van der Waals surface area contributed by atoms with E-state index in [-0.39, 0.29) is 24.2 Å². The lowest BCUT2D eigenvalue weighted by Crippen LogP contribution is -2.55. The molecule has 0 N–H and O–H groups in total. The molecular weight excluding hydrogens is 302 g/mol. The predicted octanol–water partition coefficient (Wildman–Crippen LogP) is 0.841. The minimum absolute atomic E-state index is 0.203. The molecular formula is C12H16ClN3O3S. The van der Waals surface area contributed by atoms with E-state index in [2.05, 4.69) is 4.98 Å². The quantitative estimate of drug-likeness (QED) is 0.810. The number of carbonyl (C=O) groups is 1. The molecule has 0 bridgehead atoms. The van der Waals surface area contributed by atoms with Gasteiger partial charge in [-0.2, -0.15) is 4.31 Å². The van der Waals surface area contributed by atoms with E-state index in [9.17, 15) is 13.2 Å². The number of sulfonamides is 1. The SMILES string of the molecule is C[C@H]1CN(C(=O)c2ncccc2Cl)CCN1S(C)(=O)=O. The minimum Gasteiger partial charge on any atom is -0.334 e. The van der Waals surface area contributed by atoms with Crippen LogP contribution in [0.4, 0.5) is 0 Å². The number of nitrogens with zero attached hydrogens (tertiary/aromatic N) is 3. The van der Waals surface area contributed by atoms with Gasteiger partial charge in [0.05, 0.1) is 11.3 Å². The normalized spacial score (nSPS) is 20.9. The van der Waals surface area contributed by atoms with Crippen molar-refractivity contribution in [2.75, 3.05) is 25.9 Å². The molecule has 0 aromatic carbocycles. The van der Waals surface area contributed by atoms with E-state index in [1.165, 1.54) is 16.8 Å². The number of hydrogen-bond donors (Lipinski definition) is 0. The number of hydrogen-bond acceptors (Lipinski definition) is 4. The number of pyridine rings is 1. The Morgan fingerprint density at radius 2 is 2.15 bits per heavy atom. The Hall–Kier alpha value is -1.18. The molecule has 1 aromatic rings. The summed E-state index contributed by atoms with van der Waals surface area (Å²) in [7, 11) is -3.24. The second kappa shape index (κ2) is 5.67. The maximum absolute atomic E-state index is 12.3. The van der Waals surface area contributed by atoms with Crippen molar-refractivity contribution >= 4 is 27.5 Å². The molecule has 1 fully saturated rings. The zero-order valence-electron chi connectivity index (χ0n) is 11.3. The Kier molecular flexibility index (Phi) is 4.31. The van der Waals surface area contributed by atoms with Gasteiger partial charge in [0.15, 0.2) is 0 Å². The first-order valence-electron chi connectivity index (χ1n) is 6.17. The summed E-state index contributed by atoms with van der Waals surface area (Å²) in [5, 5.41) is 0.302. The molecule has 8 heteroatoms. The van der Waals surface area contributed by atoms with Crippen molar-refractivity contribution in [3.8, 4) is 0 Å². The van der Waals surface area contributed by atoms with Crippen molar-refractivity contribution < 1.29 is 13.2 Å². The molecule has 0 radical (unpaired) electrons. The van der Waals surface area contributed by atoms with Crippen molar-refractivity contribution in [3.63, 3.8) is 0 Å². The zero-order valence-corrected chi connectivity index (χ0v) is 12.9. The first-order valence-corrected chi connectivity index (χ1v) is 8.40. The van der Waals surface area contributed by atoms with Crippen LogP contribution in [0.25, 0.3) is 0 Å². The standard InChI is InChI=1S/C12H16ClN3O3S/c1-9-8-15(6-7-16(9)20(2,18)19)12(17)11-10(13)4-3-5-14-11/h3-5,9H,6-8H2,1-2H3/t9-/m0/s1. The molecule has 1 aromatic heterocycles. The fourth-order valence-electron chi connectivity index (χ4n) is 2.31. The number of rotatable bonds is 2. The van der Waals surface area contributed by atoms with Crippen LogP contribution < -0.4 is 0 Å². The van der Waals surface area contributed by atoms with Gasteiger partial charge >= 0.3 is 0 Å². The summed E-state index contributed by atoms with van der Waals surface area (Å²) in [6.07, 6.45) is 2.69. The highest BCUT2D eigenvalue weighted by atomic mass is 35.5. The second-order valence-electron chi connectivity index (χ2n) is 4.81. The van der Waals surface area contributed by atoms with Gasteiger partial charge in [-0.1, -0.05) is 11.6 Å². The van der Waals surface area contributed by atoms with E-state index >= 15 is 0 Å². The fourth-order valence-corrected chi connectivity index (χ4v) is 3.65. The highest BCUT2D eigenvalue weighted by molar-refractivity contribution is 7.88. The van der Waals surface area contributed by atoms with Crippen molar-refractivity contribution in [1.29, 1.82) is 0 Å². The van der Waals surface area contributed by atoms with Crippen LogP contribution in [0, 0.1) is 0 Å². The van der Waals surface area contributed by atoms with Crippen LogP contribution in [0.3, 0.4) is 0 Å². The number of aromatic nitrogens is 1. The van der Waals surface area contributed by atoms with E-state index in [4.69, 9.17) is 11.6 Å². The highest BCUT2D eigenvalue weighted by Crippen LogP contribution is 2.18. The van der Waals surface area contributed by atoms with E-state index in [1.807, 2.05) is 0 Å². The molecule has 0 spiro atoms. The Labute approximate surface area is 123 Å². The number of piperazine rings is 1. The summed E-state index contributed by atoms with van der Waals surface area (Å²) < 4.78 is 24.6. The Balaban J connectivity index is 2.14. The molecule has 0 aliphatic carbocycles. The molecule has 2 rings (SSSR count). The largest absolute Gasteiger partial charge is 0.334 e. The van der Waals surface area contributed by atoms with E-state index < -0.39 is 10.0 Å². The van der Waals surface area contributed by atoms with Gasteiger partial charge in [-0.25, -0.2) is 13.4 Å². The fraction of sp³-hybridized carbons (Fsp3) is 0.500. The molecule has 6 nitrogen and oxygen atoms in total. The minimum atomic E-state index is -3.24. The van der Waals surface area contributed by atoms with Gasteiger partial charge in [-0.15, -0.1) is 0 Å². The van der Waals surface area contributed by atoms with Crippen LogP contribution in [0.2, 0.25) is 5.02 Å². The molecule has 1 atom stereocenters. The van der Waals surface area contributed by atoms with Crippen LogP contribution in [0.1, 0.15) is 17.4 Å². The third-order valence-electron chi connectivity index (χ3n) is 3.24. The van der Waals surface area contributed by atoms with Gasteiger partial charge in [0.1, 0.15) is 5.69 Å². The number of amides is 1. The first kappa shape index (κ1) is 15.2. The molecule has 110 valence electrons. The van der Waals surface area contributed by atoms with E-state index in [0.29, 0.717) is 18.1 Å². The van der Waals surface area contributed by atoms with Gasteiger partial charge in [-0.05, 0) is 19.1 Å². The molecule has 1 aliphatic rings. The lowest BCUT2D eigenvalue weighted by Gasteiger charge is -2.38. The zero-order chi connectivity index (χ0) is 14.9. The van der Waals surface area contributed by atoms with Crippen molar-refractivity contribution in [1.82, 2.24) is 14.2 Å². The van der Waals surface area contributed by atoms with Crippen molar-refractivity contribution in [2.45, 2.75) is 13.0 Å². The first-order chi connectivity index (χ1) is 9.30. The summed E-state index contributed by atoms with van der Waals surface area (Å²) in [5.41, 5.74) is 0.203. The average molecular weight is 318 g/mol. The third kappa shape index (κ3) is 3.11. The second-order valence-corrected chi connectivity index (χ2v) is 7.15. The van der Waals surface area contributed by atoms with Crippen molar-refractivity contribution in [2.24, 2.45) is 0 Å². The lowest BCUT2D eigenvalue weighted by atomic mass is 10.2. The van der Waals surface area contributed by atoms with Gasteiger partial charge in [0.25, 0.3) is 5.91 Å². The Morgan fingerprint density at radius 1 is 1.45 bits per heavy atom. The topological polar surface area (TPSA) is 70.6 Å². The third-order valence-corrected chi connectivity index (χ3v) is 4.94.